The molecule has 0 aliphatic heterocycles. The summed E-state index contributed by atoms with van der Waals surface area (Å²) < 4.78 is 5.48. The zero-order chi connectivity index (χ0) is 14.6. The SMILES string of the molecule is CN(C(=O)COC(C)(C)C)c1ccccc1C(N)=S. The maximum absolute atomic E-state index is 12.1. The van der Waals surface area contributed by atoms with Gasteiger partial charge in [-0.1, -0.05) is 24.4 Å². The fraction of sp³-hybridized carbons (Fsp3) is 0.429. The molecule has 0 fully saturated rings. The van der Waals surface area contributed by atoms with Crippen molar-refractivity contribution in [2.45, 2.75) is 26.4 Å². The molecule has 4 nitrogen and oxygen atoms in total. The summed E-state index contributed by atoms with van der Waals surface area (Å²) in [4.78, 5) is 13.9. The average molecular weight is 280 g/mol. The van der Waals surface area contributed by atoms with E-state index in [9.17, 15) is 4.79 Å². The van der Waals surface area contributed by atoms with Gasteiger partial charge in [0, 0.05) is 12.6 Å². The van der Waals surface area contributed by atoms with Crippen LogP contribution in [0.25, 0.3) is 0 Å². The number of hydrogen-bond donors (Lipinski definition) is 1. The number of hydrogen-bond acceptors (Lipinski definition) is 3. The maximum atomic E-state index is 12.1. The van der Waals surface area contributed by atoms with E-state index in [4.69, 9.17) is 22.7 Å². The third kappa shape index (κ3) is 4.61. The van der Waals surface area contributed by atoms with Gasteiger partial charge in [-0.05, 0) is 32.9 Å². The molecule has 5 heteroatoms. The fourth-order valence-electron chi connectivity index (χ4n) is 1.48. The molecule has 2 N–H and O–H groups in total. The fourth-order valence-corrected chi connectivity index (χ4v) is 1.66. The highest BCUT2D eigenvalue weighted by atomic mass is 32.1. The number of benzene rings is 1. The van der Waals surface area contributed by atoms with Gasteiger partial charge in [0.05, 0.1) is 11.3 Å². The highest BCUT2D eigenvalue weighted by Crippen LogP contribution is 2.19. The monoisotopic (exact) mass is 280 g/mol. The lowest BCUT2D eigenvalue weighted by molar-refractivity contribution is -0.127. The molecular formula is C14H20N2O2S. The van der Waals surface area contributed by atoms with E-state index in [1.54, 1.807) is 13.1 Å². The number of likely N-dealkylation sites (N-methyl/N-ethyl adjacent to an activating group) is 1. The van der Waals surface area contributed by atoms with Gasteiger partial charge in [0.15, 0.2) is 0 Å². The molecule has 0 radical (unpaired) electrons. The Labute approximate surface area is 119 Å². The van der Waals surface area contributed by atoms with Crippen LogP contribution in [0.2, 0.25) is 0 Å². The van der Waals surface area contributed by atoms with Gasteiger partial charge < -0.3 is 15.4 Å². The van der Waals surface area contributed by atoms with Crippen LogP contribution in [0, 0.1) is 0 Å². The van der Waals surface area contributed by atoms with Gasteiger partial charge in [0.25, 0.3) is 5.91 Å². The molecule has 1 aromatic carbocycles. The second-order valence-electron chi connectivity index (χ2n) is 5.24. The van der Waals surface area contributed by atoms with Gasteiger partial charge >= 0.3 is 0 Å². The van der Waals surface area contributed by atoms with E-state index >= 15 is 0 Å². The lowest BCUT2D eigenvalue weighted by Crippen LogP contribution is -2.34. The predicted octanol–water partition coefficient (Wildman–Crippen LogP) is 2.10. The number of rotatable bonds is 4. The molecule has 0 aliphatic rings. The minimum Gasteiger partial charge on any atom is -0.389 e. The van der Waals surface area contributed by atoms with Crippen LogP contribution in [0.5, 0.6) is 0 Å². The number of para-hydroxylation sites is 1. The third-order valence-corrected chi connectivity index (χ3v) is 2.75. The van der Waals surface area contributed by atoms with Crippen LogP contribution < -0.4 is 10.6 Å². The number of anilines is 1. The Balaban J connectivity index is 2.86. The molecular weight excluding hydrogens is 260 g/mol. The first kappa shape index (κ1) is 15.6. The third-order valence-electron chi connectivity index (χ3n) is 2.53. The molecule has 0 heterocycles. The second-order valence-corrected chi connectivity index (χ2v) is 5.68. The number of nitrogens with two attached hydrogens (primary N) is 1. The molecule has 0 spiro atoms. The van der Waals surface area contributed by atoms with Crippen LogP contribution in [0.3, 0.4) is 0 Å². The van der Waals surface area contributed by atoms with Crippen molar-refractivity contribution in [1.82, 2.24) is 0 Å². The smallest absolute Gasteiger partial charge is 0.252 e. The van der Waals surface area contributed by atoms with Gasteiger partial charge in [0.1, 0.15) is 11.6 Å². The molecule has 0 aliphatic carbocycles. The van der Waals surface area contributed by atoms with E-state index < -0.39 is 0 Å². The van der Waals surface area contributed by atoms with Crippen LogP contribution in [-0.4, -0.2) is 30.2 Å². The van der Waals surface area contributed by atoms with Gasteiger partial charge in [-0.3, -0.25) is 4.79 Å². The predicted molar refractivity (Wildman–Crippen MR) is 81.4 cm³/mol. The van der Waals surface area contributed by atoms with Crippen LogP contribution in [0.1, 0.15) is 26.3 Å². The Morgan fingerprint density at radius 2 is 1.95 bits per heavy atom. The van der Waals surface area contributed by atoms with E-state index in [1.807, 2.05) is 39.0 Å². The number of thiocarbonyl (C=S) groups is 1. The summed E-state index contributed by atoms with van der Waals surface area (Å²) in [6, 6.07) is 7.28. The molecule has 104 valence electrons. The molecule has 19 heavy (non-hydrogen) atoms. The first-order chi connectivity index (χ1) is 8.72. The van der Waals surface area contributed by atoms with Gasteiger partial charge in [-0.2, -0.15) is 0 Å². The van der Waals surface area contributed by atoms with Crippen LogP contribution in [-0.2, 0) is 9.53 Å². The lowest BCUT2D eigenvalue weighted by Gasteiger charge is -2.24. The Kier molecular flexibility index (Phi) is 5.03. The Morgan fingerprint density at radius 3 is 2.47 bits per heavy atom. The average Bonchev–Trinajstić information content (AvgIpc) is 2.34. The molecule has 0 bridgehead atoms. The van der Waals surface area contributed by atoms with Crippen LogP contribution in [0.4, 0.5) is 5.69 Å². The van der Waals surface area contributed by atoms with Crippen molar-refractivity contribution in [1.29, 1.82) is 0 Å². The van der Waals surface area contributed by atoms with E-state index in [2.05, 4.69) is 0 Å². The summed E-state index contributed by atoms with van der Waals surface area (Å²) in [7, 11) is 1.69. The molecule has 0 unspecified atom stereocenters. The van der Waals surface area contributed by atoms with Crippen LogP contribution >= 0.6 is 12.2 Å². The number of amides is 1. The summed E-state index contributed by atoms with van der Waals surface area (Å²) in [6.45, 7) is 5.74. The minimum atomic E-state index is -0.348. The Hall–Kier alpha value is -1.46. The Bertz CT molecular complexity index is 481. The maximum Gasteiger partial charge on any atom is 0.252 e. The second kappa shape index (κ2) is 6.12. The van der Waals surface area contributed by atoms with Crippen molar-refractivity contribution in [3.05, 3.63) is 29.8 Å². The van der Waals surface area contributed by atoms with Crippen molar-refractivity contribution in [3.63, 3.8) is 0 Å². The zero-order valence-corrected chi connectivity index (χ0v) is 12.6. The summed E-state index contributed by atoms with van der Waals surface area (Å²) in [6.07, 6.45) is 0. The van der Waals surface area contributed by atoms with E-state index in [0.717, 1.165) is 0 Å². The quantitative estimate of drug-likeness (QED) is 0.858. The number of carbonyl (C=O) groups excluding carboxylic acids is 1. The lowest BCUT2D eigenvalue weighted by atomic mass is 10.1. The number of nitrogens with zero attached hydrogens (tertiary/aromatic N) is 1. The molecule has 0 aromatic heterocycles. The van der Waals surface area contributed by atoms with Crippen molar-refractivity contribution in [3.8, 4) is 0 Å². The topological polar surface area (TPSA) is 55.6 Å². The molecule has 0 saturated heterocycles. The molecule has 1 aromatic rings. The summed E-state index contributed by atoms with van der Waals surface area (Å²) in [5, 5.41) is 0. The molecule has 0 atom stereocenters. The highest BCUT2D eigenvalue weighted by Gasteiger charge is 2.18. The van der Waals surface area contributed by atoms with Gasteiger partial charge in [-0.15, -0.1) is 0 Å². The minimum absolute atomic E-state index is 0.0195. The zero-order valence-electron chi connectivity index (χ0n) is 11.8. The first-order valence-corrected chi connectivity index (χ1v) is 6.42. The summed E-state index contributed by atoms with van der Waals surface area (Å²) in [5.74, 6) is -0.140. The van der Waals surface area contributed by atoms with Crippen LogP contribution in [0.15, 0.2) is 24.3 Å². The normalized spacial score (nSPS) is 11.2. The van der Waals surface area contributed by atoms with Crippen molar-refractivity contribution >= 4 is 28.8 Å². The van der Waals surface area contributed by atoms with Gasteiger partial charge in [-0.25, -0.2) is 0 Å². The number of ether oxygens (including phenoxy) is 1. The largest absolute Gasteiger partial charge is 0.389 e. The van der Waals surface area contributed by atoms with E-state index in [1.165, 1.54) is 4.90 Å². The summed E-state index contributed by atoms with van der Waals surface area (Å²) >= 11 is 4.99. The van der Waals surface area contributed by atoms with Crippen molar-refractivity contribution in [2.24, 2.45) is 5.73 Å². The number of carbonyl (C=O) groups is 1. The van der Waals surface area contributed by atoms with Crippen molar-refractivity contribution in [2.75, 3.05) is 18.6 Å². The Morgan fingerprint density at radius 1 is 1.37 bits per heavy atom. The first-order valence-electron chi connectivity index (χ1n) is 6.02. The molecule has 0 saturated carbocycles. The van der Waals surface area contributed by atoms with Gasteiger partial charge in [0.2, 0.25) is 0 Å². The van der Waals surface area contributed by atoms with E-state index in [-0.39, 0.29) is 23.1 Å². The molecule has 1 rings (SSSR count). The highest BCUT2D eigenvalue weighted by molar-refractivity contribution is 7.80. The standard InChI is InChI=1S/C14H20N2O2S/c1-14(2,3)18-9-12(17)16(4)11-8-6-5-7-10(11)13(15)19/h5-8H,9H2,1-4H3,(H2,15,19). The summed E-state index contributed by atoms with van der Waals surface area (Å²) in [5.41, 5.74) is 6.69. The van der Waals surface area contributed by atoms with Crippen molar-refractivity contribution < 1.29 is 9.53 Å². The molecule has 1 amide bonds. The van der Waals surface area contributed by atoms with E-state index in [0.29, 0.717) is 11.3 Å².